The quantitative estimate of drug-likeness (QED) is 0.261. The zero-order valence-corrected chi connectivity index (χ0v) is 19.0. The number of cyclic esters (lactones) is 1. The normalized spacial score (nSPS) is 15.4. The van der Waals surface area contributed by atoms with E-state index in [0.717, 1.165) is 18.5 Å². The van der Waals surface area contributed by atoms with Crippen molar-refractivity contribution in [2.45, 2.75) is 20.0 Å². The summed E-state index contributed by atoms with van der Waals surface area (Å²) >= 11 is 10.6. The Morgan fingerprint density at radius 3 is 2.46 bits per heavy atom. The summed E-state index contributed by atoms with van der Waals surface area (Å²) in [5.41, 5.74) is 1.69. The van der Waals surface area contributed by atoms with Gasteiger partial charge in [0.25, 0.3) is 0 Å². The molecule has 0 saturated heterocycles. The number of carbonyl (C=O) groups excluding carboxylic acids is 1. The van der Waals surface area contributed by atoms with E-state index in [9.17, 15) is 4.79 Å². The van der Waals surface area contributed by atoms with E-state index >= 15 is 0 Å². The summed E-state index contributed by atoms with van der Waals surface area (Å²) in [6.07, 6.45) is 1.80. The molecule has 4 nitrogen and oxygen atoms in total. The van der Waals surface area contributed by atoms with Crippen LogP contribution in [0, 0.1) is 7.14 Å². The maximum absolute atomic E-state index is 12.2. The summed E-state index contributed by atoms with van der Waals surface area (Å²) in [5.74, 6) is 0.570. The van der Waals surface area contributed by atoms with Crippen LogP contribution in [0.3, 0.4) is 0 Å². The standard InChI is InChI=1S/C19H14ClI2NO3/c1-10(2)25-17-14(21)7-11(8-15(17)22)9-16-19(24)26-18(23-16)12-5-3-4-6-13(12)20/h3-10H,1-2H3/b16-9-. The van der Waals surface area contributed by atoms with E-state index in [1.807, 2.05) is 38.1 Å². The molecule has 7 heteroatoms. The molecule has 134 valence electrons. The Labute approximate surface area is 183 Å². The number of nitrogens with zero attached hydrogens (tertiary/aromatic N) is 1. The van der Waals surface area contributed by atoms with Crippen LogP contribution in [0.4, 0.5) is 0 Å². The monoisotopic (exact) mass is 593 g/mol. The highest BCUT2D eigenvalue weighted by Gasteiger charge is 2.25. The topological polar surface area (TPSA) is 47.9 Å². The second-order valence-electron chi connectivity index (χ2n) is 5.80. The third-order valence-electron chi connectivity index (χ3n) is 3.40. The lowest BCUT2D eigenvalue weighted by molar-refractivity contribution is -0.129. The van der Waals surface area contributed by atoms with Gasteiger partial charge in [-0.05, 0) is 94.9 Å². The molecule has 3 rings (SSSR count). The highest BCUT2D eigenvalue weighted by molar-refractivity contribution is 14.1. The Bertz CT molecular complexity index is 915. The minimum atomic E-state index is -0.493. The highest BCUT2D eigenvalue weighted by atomic mass is 127. The molecule has 0 saturated carbocycles. The van der Waals surface area contributed by atoms with Crippen molar-refractivity contribution in [1.82, 2.24) is 0 Å². The number of ether oxygens (including phenoxy) is 2. The number of benzene rings is 2. The van der Waals surface area contributed by atoms with Crippen molar-refractivity contribution >= 4 is 74.7 Å². The van der Waals surface area contributed by atoms with Gasteiger partial charge in [-0.2, -0.15) is 0 Å². The molecular formula is C19H14ClI2NO3. The van der Waals surface area contributed by atoms with Gasteiger partial charge in [-0.1, -0.05) is 23.7 Å². The Hall–Kier alpha value is -1.13. The summed E-state index contributed by atoms with van der Waals surface area (Å²) in [5, 5.41) is 0.486. The summed E-state index contributed by atoms with van der Waals surface area (Å²) < 4.78 is 13.1. The molecule has 0 amide bonds. The lowest BCUT2D eigenvalue weighted by Gasteiger charge is -2.14. The number of hydrogen-bond donors (Lipinski definition) is 0. The molecule has 26 heavy (non-hydrogen) atoms. The molecule has 0 fully saturated rings. The highest BCUT2D eigenvalue weighted by Crippen LogP contribution is 2.31. The lowest BCUT2D eigenvalue weighted by Crippen LogP contribution is -2.08. The van der Waals surface area contributed by atoms with Crippen LogP contribution in [-0.2, 0) is 9.53 Å². The van der Waals surface area contributed by atoms with Gasteiger partial charge in [-0.3, -0.25) is 0 Å². The number of aliphatic imine (C=N–C) groups is 1. The van der Waals surface area contributed by atoms with Crippen molar-refractivity contribution in [3.8, 4) is 5.75 Å². The van der Waals surface area contributed by atoms with Crippen LogP contribution in [-0.4, -0.2) is 18.0 Å². The van der Waals surface area contributed by atoms with Crippen LogP contribution in [0.2, 0.25) is 5.02 Å². The Morgan fingerprint density at radius 1 is 1.19 bits per heavy atom. The fourth-order valence-corrected chi connectivity index (χ4v) is 4.62. The van der Waals surface area contributed by atoms with E-state index in [2.05, 4.69) is 50.2 Å². The molecule has 0 N–H and O–H groups in total. The van der Waals surface area contributed by atoms with E-state index < -0.39 is 5.97 Å². The first-order valence-corrected chi connectivity index (χ1v) is 10.3. The van der Waals surface area contributed by atoms with E-state index in [1.165, 1.54) is 0 Å². The van der Waals surface area contributed by atoms with Gasteiger partial charge >= 0.3 is 5.97 Å². The van der Waals surface area contributed by atoms with Crippen molar-refractivity contribution in [2.24, 2.45) is 4.99 Å². The molecule has 1 aliphatic heterocycles. The van der Waals surface area contributed by atoms with E-state index in [-0.39, 0.29) is 17.7 Å². The molecule has 0 spiro atoms. The fraction of sp³-hybridized carbons (Fsp3) is 0.158. The Balaban J connectivity index is 1.95. The maximum atomic E-state index is 12.2. The van der Waals surface area contributed by atoms with E-state index in [0.29, 0.717) is 10.6 Å². The molecule has 2 aromatic carbocycles. The molecule has 1 heterocycles. The van der Waals surface area contributed by atoms with Gasteiger partial charge in [0, 0.05) is 0 Å². The molecule has 0 aliphatic carbocycles. The number of esters is 1. The number of rotatable bonds is 4. The second-order valence-corrected chi connectivity index (χ2v) is 8.53. The van der Waals surface area contributed by atoms with Crippen molar-refractivity contribution < 1.29 is 14.3 Å². The second kappa shape index (κ2) is 8.26. The van der Waals surface area contributed by atoms with Gasteiger partial charge in [-0.15, -0.1) is 0 Å². The van der Waals surface area contributed by atoms with Gasteiger partial charge in [0.1, 0.15) is 5.75 Å². The SMILES string of the molecule is CC(C)Oc1c(I)cc(/C=C2\N=C(c3ccccc3Cl)OC2=O)cc1I. The minimum Gasteiger partial charge on any atom is -0.489 e. The molecule has 0 aromatic heterocycles. The summed E-state index contributed by atoms with van der Waals surface area (Å²) in [4.78, 5) is 16.5. The van der Waals surface area contributed by atoms with E-state index in [1.54, 1.807) is 18.2 Å². The maximum Gasteiger partial charge on any atom is 0.363 e. The molecular weight excluding hydrogens is 579 g/mol. The van der Waals surface area contributed by atoms with Crippen molar-refractivity contribution in [2.75, 3.05) is 0 Å². The van der Waals surface area contributed by atoms with Gasteiger partial charge in [0.05, 0.1) is 23.8 Å². The molecule has 0 atom stereocenters. The summed E-state index contributed by atoms with van der Waals surface area (Å²) in [6.45, 7) is 3.98. The van der Waals surface area contributed by atoms with Gasteiger partial charge < -0.3 is 9.47 Å². The summed E-state index contributed by atoms with van der Waals surface area (Å²) in [7, 11) is 0. The Kier molecular flexibility index (Phi) is 6.24. The van der Waals surface area contributed by atoms with Gasteiger partial charge in [0.15, 0.2) is 5.70 Å². The predicted molar refractivity (Wildman–Crippen MR) is 120 cm³/mol. The number of halogens is 3. The first kappa shape index (κ1) is 19.6. The zero-order chi connectivity index (χ0) is 18.8. The van der Waals surface area contributed by atoms with Crippen molar-refractivity contribution in [1.29, 1.82) is 0 Å². The van der Waals surface area contributed by atoms with Crippen LogP contribution in [0.25, 0.3) is 6.08 Å². The third kappa shape index (κ3) is 4.40. The molecule has 0 unspecified atom stereocenters. The lowest BCUT2D eigenvalue weighted by atomic mass is 10.2. The first-order chi connectivity index (χ1) is 12.3. The predicted octanol–water partition coefficient (Wildman–Crippen LogP) is 5.68. The van der Waals surface area contributed by atoms with Crippen molar-refractivity contribution in [3.05, 3.63) is 65.4 Å². The average molecular weight is 594 g/mol. The van der Waals surface area contributed by atoms with Crippen molar-refractivity contribution in [3.63, 3.8) is 0 Å². The summed E-state index contributed by atoms with van der Waals surface area (Å²) in [6, 6.07) is 11.0. The smallest absolute Gasteiger partial charge is 0.363 e. The molecule has 2 aromatic rings. The zero-order valence-electron chi connectivity index (χ0n) is 13.9. The van der Waals surface area contributed by atoms with E-state index in [4.69, 9.17) is 21.1 Å². The molecule has 0 bridgehead atoms. The van der Waals surface area contributed by atoms with Crippen LogP contribution in [0.1, 0.15) is 25.0 Å². The first-order valence-electron chi connectivity index (χ1n) is 7.78. The average Bonchev–Trinajstić information content (AvgIpc) is 2.92. The largest absolute Gasteiger partial charge is 0.489 e. The van der Waals surface area contributed by atoms with Crippen LogP contribution >= 0.6 is 56.8 Å². The van der Waals surface area contributed by atoms with Crippen LogP contribution in [0.5, 0.6) is 5.75 Å². The van der Waals surface area contributed by atoms with Gasteiger partial charge in [-0.25, -0.2) is 9.79 Å². The number of carbonyl (C=O) groups is 1. The minimum absolute atomic E-state index is 0.0915. The Morgan fingerprint density at radius 2 is 1.85 bits per heavy atom. The number of hydrogen-bond acceptors (Lipinski definition) is 4. The molecule has 1 aliphatic rings. The van der Waals surface area contributed by atoms with Gasteiger partial charge in [0.2, 0.25) is 5.90 Å². The van der Waals surface area contributed by atoms with Crippen LogP contribution < -0.4 is 4.74 Å². The fourth-order valence-electron chi connectivity index (χ4n) is 2.33. The third-order valence-corrected chi connectivity index (χ3v) is 5.33. The molecule has 0 radical (unpaired) electrons. The van der Waals surface area contributed by atoms with Crippen LogP contribution in [0.15, 0.2) is 47.1 Å².